The first kappa shape index (κ1) is 25.9. The Labute approximate surface area is 201 Å². The Hall–Kier alpha value is -1.68. The Morgan fingerprint density at radius 3 is 2.64 bits per heavy atom. The molecule has 6 heteroatoms. The molecule has 1 aliphatic carbocycles. The Kier molecular flexibility index (Phi) is 8.77. The number of aliphatic hydroxyl groups is 1. The van der Waals surface area contributed by atoms with Crippen LogP contribution in [-0.4, -0.2) is 26.8 Å². The molecule has 2 aliphatic rings. The molecular weight excluding hydrogens is 438 g/mol. The highest BCUT2D eigenvalue weighted by molar-refractivity contribution is 7.97. The van der Waals surface area contributed by atoms with Crippen LogP contribution in [0.5, 0.6) is 0 Å². The van der Waals surface area contributed by atoms with Crippen molar-refractivity contribution in [3.05, 3.63) is 58.7 Å². The maximum atomic E-state index is 15.3. The highest BCUT2D eigenvalue weighted by Crippen LogP contribution is 2.51. The second-order valence-corrected chi connectivity index (χ2v) is 11.0. The average Bonchev–Trinajstić information content (AvgIpc) is 2.77. The Morgan fingerprint density at radius 2 is 2.03 bits per heavy atom. The third-order valence-electron chi connectivity index (χ3n) is 7.10. The van der Waals surface area contributed by atoms with Gasteiger partial charge in [-0.3, -0.25) is 0 Å². The summed E-state index contributed by atoms with van der Waals surface area (Å²) >= 11 is 1.72. The zero-order chi connectivity index (χ0) is 24.2. The zero-order valence-corrected chi connectivity index (χ0v) is 21.0. The van der Waals surface area contributed by atoms with E-state index in [1.165, 1.54) is 17.7 Å². The third kappa shape index (κ3) is 5.88. The quantitative estimate of drug-likeness (QED) is 0.255. The molecule has 1 aliphatic heterocycles. The molecule has 1 saturated carbocycles. The first-order chi connectivity index (χ1) is 15.7. The van der Waals surface area contributed by atoms with Gasteiger partial charge in [-0.2, -0.15) is 5.26 Å². The van der Waals surface area contributed by atoms with Crippen molar-refractivity contribution >= 4 is 11.9 Å². The standard InChI is InChI=1S/C27H36F2N2OS/c1-5-7-8-20(6-2)26-10-9-19(4)31(33-26)17-21-11-25(29)23(12-24(21)28)27(13-18(3)14-27)15-22(32)16-30/h6-8,11-12,18-19,22,26,32H,5,9-10,13-15,17H2,1-4H3/b8-7-,20-6+/t18?,19-,22?,26?,27?/m0/s1. The minimum atomic E-state index is -1.18. The van der Waals surface area contributed by atoms with Gasteiger partial charge >= 0.3 is 0 Å². The number of nitrogens with zero attached hydrogens (tertiary/aromatic N) is 2. The number of allylic oxidation sites excluding steroid dienone is 3. The maximum Gasteiger partial charge on any atom is 0.141 e. The summed E-state index contributed by atoms with van der Waals surface area (Å²) < 4.78 is 32.7. The summed E-state index contributed by atoms with van der Waals surface area (Å²) in [5.74, 6) is -0.485. The molecule has 0 aromatic heterocycles. The van der Waals surface area contributed by atoms with Crippen molar-refractivity contribution in [1.82, 2.24) is 4.31 Å². The van der Waals surface area contributed by atoms with Gasteiger partial charge in [0.2, 0.25) is 0 Å². The van der Waals surface area contributed by atoms with Crippen LogP contribution >= 0.6 is 11.9 Å². The molecule has 0 bridgehead atoms. The molecule has 1 heterocycles. The second kappa shape index (κ2) is 11.2. The van der Waals surface area contributed by atoms with E-state index in [1.54, 1.807) is 11.9 Å². The van der Waals surface area contributed by atoms with Gasteiger partial charge in [-0.25, -0.2) is 13.1 Å². The van der Waals surface area contributed by atoms with Crippen LogP contribution in [0, 0.1) is 28.9 Å². The lowest BCUT2D eigenvalue weighted by atomic mass is 9.57. The number of rotatable bonds is 8. The molecule has 180 valence electrons. The van der Waals surface area contributed by atoms with Gasteiger partial charge in [-0.1, -0.05) is 44.0 Å². The average molecular weight is 475 g/mol. The van der Waals surface area contributed by atoms with Crippen molar-refractivity contribution in [2.75, 3.05) is 0 Å². The molecule has 2 unspecified atom stereocenters. The van der Waals surface area contributed by atoms with Crippen molar-refractivity contribution in [2.24, 2.45) is 5.92 Å². The summed E-state index contributed by atoms with van der Waals surface area (Å²) in [7, 11) is 0. The van der Waals surface area contributed by atoms with E-state index in [2.05, 4.69) is 43.3 Å². The van der Waals surface area contributed by atoms with E-state index in [0.717, 1.165) is 19.3 Å². The maximum absolute atomic E-state index is 15.3. The number of benzene rings is 1. The molecule has 3 rings (SSSR count). The SMILES string of the molecule is C/C=C(\C=C/CC)C1CC[C@H](C)N(Cc2cc(F)c(C3(CC(O)C#N)CC(C)C3)cc2F)S1. The van der Waals surface area contributed by atoms with E-state index < -0.39 is 23.2 Å². The van der Waals surface area contributed by atoms with Crippen LogP contribution in [0.3, 0.4) is 0 Å². The molecule has 2 fully saturated rings. The number of halogens is 2. The van der Waals surface area contributed by atoms with Crippen LogP contribution < -0.4 is 0 Å². The summed E-state index contributed by atoms with van der Waals surface area (Å²) in [5.41, 5.74) is 1.26. The summed E-state index contributed by atoms with van der Waals surface area (Å²) in [5, 5.41) is 19.3. The second-order valence-electron chi connectivity index (χ2n) is 9.76. The minimum Gasteiger partial charge on any atom is -0.378 e. The van der Waals surface area contributed by atoms with Crippen molar-refractivity contribution in [2.45, 2.75) is 95.6 Å². The van der Waals surface area contributed by atoms with Crippen molar-refractivity contribution in [3.63, 3.8) is 0 Å². The molecule has 0 spiro atoms. The summed E-state index contributed by atoms with van der Waals surface area (Å²) in [6.07, 6.45) is 9.80. The summed E-state index contributed by atoms with van der Waals surface area (Å²) in [6.45, 7) is 8.69. The third-order valence-corrected chi connectivity index (χ3v) is 8.62. The molecule has 3 nitrogen and oxygen atoms in total. The molecule has 0 radical (unpaired) electrons. The predicted molar refractivity (Wildman–Crippen MR) is 131 cm³/mol. The van der Waals surface area contributed by atoms with Crippen molar-refractivity contribution in [1.29, 1.82) is 5.26 Å². The van der Waals surface area contributed by atoms with Gasteiger partial charge in [0.05, 0.1) is 6.07 Å². The smallest absolute Gasteiger partial charge is 0.141 e. The van der Waals surface area contributed by atoms with E-state index in [-0.39, 0.29) is 12.5 Å². The first-order valence-electron chi connectivity index (χ1n) is 12.0. The predicted octanol–water partition coefficient (Wildman–Crippen LogP) is 6.82. The van der Waals surface area contributed by atoms with Gasteiger partial charge < -0.3 is 5.11 Å². The van der Waals surface area contributed by atoms with Gasteiger partial charge in [0.1, 0.15) is 17.7 Å². The highest BCUT2D eigenvalue weighted by Gasteiger charge is 2.46. The van der Waals surface area contributed by atoms with Gasteiger partial charge in [-0.05, 0) is 81.6 Å². The van der Waals surface area contributed by atoms with Crippen molar-refractivity contribution < 1.29 is 13.9 Å². The fraction of sp³-hybridized carbons (Fsp3) is 0.593. The molecule has 1 N–H and O–H groups in total. The molecule has 0 amide bonds. The van der Waals surface area contributed by atoms with E-state index in [9.17, 15) is 5.11 Å². The molecule has 1 aromatic carbocycles. The van der Waals surface area contributed by atoms with Crippen LogP contribution in [0.15, 0.2) is 35.9 Å². The van der Waals surface area contributed by atoms with Crippen LogP contribution in [-0.2, 0) is 12.0 Å². The first-order valence-corrected chi connectivity index (χ1v) is 12.9. The fourth-order valence-corrected chi connectivity index (χ4v) is 6.82. The lowest BCUT2D eigenvalue weighted by Gasteiger charge is -2.47. The number of hydrogen-bond donors (Lipinski definition) is 1. The molecule has 1 saturated heterocycles. The molecule has 33 heavy (non-hydrogen) atoms. The number of hydrogen-bond acceptors (Lipinski definition) is 4. The lowest BCUT2D eigenvalue weighted by Crippen LogP contribution is -2.43. The summed E-state index contributed by atoms with van der Waals surface area (Å²) in [4.78, 5) is 0. The van der Waals surface area contributed by atoms with Crippen LogP contribution in [0.25, 0.3) is 0 Å². The zero-order valence-electron chi connectivity index (χ0n) is 20.2. The number of nitriles is 1. The topological polar surface area (TPSA) is 47.3 Å². The van der Waals surface area contributed by atoms with Crippen molar-refractivity contribution in [3.8, 4) is 6.07 Å². The normalized spacial score (nSPS) is 29.6. The van der Waals surface area contributed by atoms with Crippen LogP contribution in [0.1, 0.15) is 77.3 Å². The summed E-state index contributed by atoms with van der Waals surface area (Å²) in [6, 6.07) is 4.75. The molecular formula is C27H36F2N2OS. The van der Waals surface area contributed by atoms with E-state index in [4.69, 9.17) is 5.26 Å². The lowest BCUT2D eigenvalue weighted by molar-refractivity contribution is 0.0860. The van der Waals surface area contributed by atoms with Crippen LogP contribution in [0.4, 0.5) is 8.78 Å². The van der Waals surface area contributed by atoms with Gasteiger partial charge in [0, 0.05) is 28.8 Å². The Balaban J connectivity index is 1.81. The van der Waals surface area contributed by atoms with Gasteiger partial charge in [-0.15, -0.1) is 0 Å². The van der Waals surface area contributed by atoms with E-state index >= 15 is 8.78 Å². The Bertz CT molecular complexity index is 933. The fourth-order valence-electron chi connectivity index (χ4n) is 5.39. The number of aliphatic hydroxyl groups excluding tert-OH is 1. The highest BCUT2D eigenvalue weighted by atomic mass is 32.2. The van der Waals surface area contributed by atoms with E-state index in [0.29, 0.717) is 41.7 Å². The molecule has 3 atom stereocenters. The van der Waals surface area contributed by atoms with E-state index in [1.807, 2.05) is 13.0 Å². The largest absolute Gasteiger partial charge is 0.378 e. The van der Waals surface area contributed by atoms with Gasteiger partial charge in [0.15, 0.2) is 0 Å². The van der Waals surface area contributed by atoms with Gasteiger partial charge in [0.25, 0.3) is 0 Å². The van der Waals surface area contributed by atoms with Crippen LogP contribution in [0.2, 0.25) is 0 Å². The monoisotopic (exact) mass is 474 g/mol. The Morgan fingerprint density at radius 1 is 1.30 bits per heavy atom. The minimum absolute atomic E-state index is 0.141. The molecule has 1 aromatic rings.